The van der Waals surface area contributed by atoms with Gasteiger partial charge in [-0.15, -0.1) is 0 Å². The Morgan fingerprint density at radius 1 is 0.284 bits per heavy atom. The van der Waals surface area contributed by atoms with Crippen LogP contribution >= 0.6 is 0 Å². The summed E-state index contributed by atoms with van der Waals surface area (Å²) in [4.78, 5) is 37.8. The van der Waals surface area contributed by atoms with E-state index in [1.807, 2.05) is 0 Å². The van der Waals surface area contributed by atoms with Gasteiger partial charge in [-0.1, -0.05) is 258 Å². The first-order valence-electron chi connectivity index (χ1n) is 30.5. The minimum absolute atomic E-state index is 0.0855. The first-order chi connectivity index (χ1) is 36.5. The summed E-state index contributed by atoms with van der Waals surface area (Å²) in [5.74, 6) is -0.916. The van der Waals surface area contributed by atoms with Gasteiger partial charge in [-0.3, -0.25) is 14.4 Å². The second-order valence-electron chi connectivity index (χ2n) is 19.9. The Labute approximate surface area is 456 Å². The third kappa shape index (κ3) is 58.7. The highest BCUT2D eigenvalue weighted by Crippen LogP contribution is 2.14. The number of carbonyl (C=O) groups excluding carboxylic acids is 3. The van der Waals surface area contributed by atoms with Crippen LogP contribution in [0.5, 0.6) is 0 Å². The molecule has 0 N–H and O–H groups in total. The zero-order valence-corrected chi connectivity index (χ0v) is 48.1. The van der Waals surface area contributed by atoms with Crippen molar-refractivity contribution in [1.29, 1.82) is 0 Å². The van der Waals surface area contributed by atoms with E-state index in [0.717, 1.165) is 135 Å². The fourth-order valence-electron chi connectivity index (χ4n) is 8.13. The Kier molecular flexibility index (Phi) is 57.9. The molecule has 0 aliphatic heterocycles. The molecule has 1 unspecified atom stereocenters. The molecular formula is C68H112O6. The summed E-state index contributed by atoms with van der Waals surface area (Å²) in [6.45, 7) is 6.41. The Morgan fingerprint density at radius 3 is 0.838 bits per heavy atom. The van der Waals surface area contributed by atoms with Crippen LogP contribution in [0.3, 0.4) is 0 Å². The van der Waals surface area contributed by atoms with Crippen molar-refractivity contribution < 1.29 is 28.6 Å². The smallest absolute Gasteiger partial charge is 0.306 e. The quantitative estimate of drug-likeness (QED) is 0.0261. The van der Waals surface area contributed by atoms with Crippen LogP contribution < -0.4 is 0 Å². The van der Waals surface area contributed by atoms with Crippen molar-refractivity contribution in [3.63, 3.8) is 0 Å². The van der Waals surface area contributed by atoms with Crippen molar-refractivity contribution in [3.05, 3.63) is 122 Å². The molecule has 0 bridgehead atoms. The largest absolute Gasteiger partial charge is 0.462 e. The normalized spacial score (nSPS) is 13.0. The number of hydrogen-bond donors (Lipinski definition) is 0. The number of ether oxygens (including phenoxy) is 3. The molecule has 0 aliphatic carbocycles. The summed E-state index contributed by atoms with van der Waals surface area (Å²) < 4.78 is 16.7. The summed E-state index contributed by atoms with van der Waals surface area (Å²) in [7, 11) is 0. The second kappa shape index (κ2) is 61.4. The molecule has 1 atom stereocenters. The molecule has 0 aromatic rings. The molecule has 420 valence electrons. The van der Waals surface area contributed by atoms with E-state index in [0.29, 0.717) is 19.3 Å². The summed E-state index contributed by atoms with van der Waals surface area (Å²) in [5, 5.41) is 0. The van der Waals surface area contributed by atoms with Gasteiger partial charge in [-0.25, -0.2) is 0 Å². The van der Waals surface area contributed by atoms with E-state index >= 15 is 0 Å². The van der Waals surface area contributed by atoms with Crippen LogP contribution in [0, 0.1) is 0 Å². The molecule has 0 rings (SSSR count). The summed E-state index contributed by atoms with van der Waals surface area (Å²) in [6.07, 6.45) is 85.3. The lowest BCUT2D eigenvalue weighted by molar-refractivity contribution is -0.167. The summed E-state index contributed by atoms with van der Waals surface area (Å²) >= 11 is 0. The fourth-order valence-corrected chi connectivity index (χ4v) is 8.13. The first-order valence-corrected chi connectivity index (χ1v) is 30.5. The number of carbonyl (C=O) groups is 3. The van der Waals surface area contributed by atoms with E-state index in [1.165, 1.54) is 96.3 Å². The van der Waals surface area contributed by atoms with E-state index in [9.17, 15) is 14.4 Å². The first kappa shape index (κ1) is 69.8. The Bertz CT molecular complexity index is 1550. The lowest BCUT2D eigenvalue weighted by Crippen LogP contribution is -2.30. The van der Waals surface area contributed by atoms with Gasteiger partial charge in [-0.2, -0.15) is 0 Å². The third-order valence-corrected chi connectivity index (χ3v) is 12.7. The van der Waals surface area contributed by atoms with Gasteiger partial charge in [0, 0.05) is 19.3 Å². The van der Waals surface area contributed by atoms with Gasteiger partial charge in [-0.05, 0) is 116 Å². The lowest BCUT2D eigenvalue weighted by Gasteiger charge is -2.18. The maximum Gasteiger partial charge on any atom is 0.306 e. The molecule has 74 heavy (non-hydrogen) atoms. The molecule has 6 heteroatoms. The maximum atomic E-state index is 12.8. The molecule has 0 aromatic heterocycles. The minimum atomic E-state index is -0.784. The highest BCUT2D eigenvalue weighted by Gasteiger charge is 2.19. The molecular weight excluding hydrogens is 913 g/mol. The van der Waals surface area contributed by atoms with Crippen LogP contribution in [-0.4, -0.2) is 37.2 Å². The van der Waals surface area contributed by atoms with Crippen LogP contribution in [-0.2, 0) is 28.6 Å². The highest BCUT2D eigenvalue weighted by atomic mass is 16.6. The van der Waals surface area contributed by atoms with E-state index < -0.39 is 6.10 Å². The molecule has 6 nitrogen and oxygen atoms in total. The van der Waals surface area contributed by atoms with Gasteiger partial charge in [0.25, 0.3) is 0 Å². The van der Waals surface area contributed by atoms with Crippen molar-refractivity contribution in [2.75, 3.05) is 13.2 Å². The summed E-state index contributed by atoms with van der Waals surface area (Å²) in [6, 6.07) is 0. The maximum absolute atomic E-state index is 12.8. The molecule has 0 saturated carbocycles. The van der Waals surface area contributed by atoms with Gasteiger partial charge in [0.15, 0.2) is 6.10 Å². The van der Waals surface area contributed by atoms with Crippen molar-refractivity contribution in [3.8, 4) is 0 Å². The van der Waals surface area contributed by atoms with Gasteiger partial charge in [0.05, 0.1) is 0 Å². The summed E-state index contributed by atoms with van der Waals surface area (Å²) in [5.41, 5.74) is 0. The van der Waals surface area contributed by atoms with Crippen molar-refractivity contribution in [2.24, 2.45) is 0 Å². The van der Waals surface area contributed by atoms with E-state index in [4.69, 9.17) is 14.2 Å². The zero-order valence-electron chi connectivity index (χ0n) is 48.1. The molecule has 0 heterocycles. The van der Waals surface area contributed by atoms with Gasteiger partial charge < -0.3 is 14.2 Å². The Hall–Kier alpha value is -4.19. The average Bonchev–Trinajstić information content (AvgIpc) is 3.40. The van der Waals surface area contributed by atoms with Crippen molar-refractivity contribution in [1.82, 2.24) is 0 Å². The van der Waals surface area contributed by atoms with Gasteiger partial charge in [0.2, 0.25) is 0 Å². The number of hydrogen-bond acceptors (Lipinski definition) is 6. The van der Waals surface area contributed by atoms with Crippen LogP contribution in [0.2, 0.25) is 0 Å². The number of esters is 3. The van der Waals surface area contributed by atoms with Crippen LogP contribution in [0.1, 0.15) is 271 Å². The Morgan fingerprint density at radius 2 is 0.527 bits per heavy atom. The lowest BCUT2D eigenvalue weighted by atomic mass is 10.1. The highest BCUT2D eigenvalue weighted by molar-refractivity contribution is 5.71. The SMILES string of the molecule is CC/C=C\C/C=C\C/C=C\C/C=C\C/C=C\C/C=C\C/C=C\C/C=C\CCCCCCCCCCC(=O)OCC(COC(=O)CCCCCCC)OC(=O)CCCCCCCCC/C=C\C/C=C\CCCCCC. The van der Waals surface area contributed by atoms with Gasteiger partial charge >= 0.3 is 17.9 Å². The topological polar surface area (TPSA) is 78.9 Å². The monoisotopic (exact) mass is 1020 g/mol. The molecule has 0 amide bonds. The standard InChI is InChI=1S/C68H112O6/c1-4-7-10-13-15-17-19-21-23-25-27-28-29-30-31-32-33-34-35-36-37-38-39-40-41-43-44-46-48-50-52-55-58-61-67(70)73-64-65(63-72-66(69)60-57-54-12-9-6-3)74-68(71)62-59-56-53-51-49-47-45-42-26-24-22-20-18-16-14-11-8-5-2/h7,10,15,17-18,20-21,23-24,26-28,30-31,33-34,36-37,39-40,65H,4-6,8-9,11-14,16,19,22,25,29,32,35,38,41-64H2,1-3H3/b10-7-,17-15-,20-18-,23-21-,26-24-,28-27-,31-30-,34-33-,37-36-,40-39-. The minimum Gasteiger partial charge on any atom is -0.462 e. The predicted molar refractivity (Wildman–Crippen MR) is 320 cm³/mol. The average molecular weight is 1030 g/mol. The molecule has 0 radical (unpaired) electrons. The number of unbranched alkanes of at least 4 members (excludes halogenated alkanes) is 23. The van der Waals surface area contributed by atoms with Gasteiger partial charge in [0.1, 0.15) is 13.2 Å². The van der Waals surface area contributed by atoms with Crippen LogP contribution in [0.15, 0.2) is 122 Å². The van der Waals surface area contributed by atoms with E-state index in [-0.39, 0.29) is 31.1 Å². The molecule has 0 aromatic carbocycles. The molecule has 0 saturated heterocycles. The molecule has 0 spiro atoms. The Balaban J connectivity index is 4.09. The predicted octanol–water partition coefficient (Wildman–Crippen LogP) is 20.8. The van der Waals surface area contributed by atoms with Crippen LogP contribution in [0.25, 0.3) is 0 Å². The molecule has 0 aliphatic rings. The van der Waals surface area contributed by atoms with E-state index in [2.05, 4.69) is 142 Å². The van der Waals surface area contributed by atoms with E-state index in [1.54, 1.807) is 0 Å². The van der Waals surface area contributed by atoms with Crippen molar-refractivity contribution >= 4 is 17.9 Å². The fraction of sp³-hybridized carbons (Fsp3) is 0.662. The van der Waals surface area contributed by atoms with Crippen molar-refractivity contribution in [2.45, 2.75) is 277 Å². The number of rotatable bonds is 54. The van der Waals surface area contributed by atoms with Crippen LogP contribution in [0.4, 0.5) is 0 Å². The number of allylic oxidation sites excluding steroid dienone is 20. The molecule has 0 fully saturated rings. The second-order valence-corrected chi connectivity index (χ2v) is 19.9. The third-order valence-electron chi connectivity index (χ3n) is 12.7. The zero-order chi connectivity index (χ0) is 53.6.